The van der Waals surface area contributed by atoms with Gasteiger partial charge < -0.3 is 10.7 Å². The van der Waals surface area contributed by atoms with E-state index < -0.39 is 0 Å². The van der Waals surface area contributed by atoms with E-state index in [0.29, 0.717) is 6.54 Å². The summed E-state index contributed by atoms with van der Waals surface area (Å²) in [5, 5.41) is 0. The Hall–Kier alpha value is -1.62. The quantitative estimate of drug-likeness (QED) is 0.758. The van der Waals surface area contributed by atoms with Crippen molar-refractivity contribution in [2.45, 2.75) is 6.54 Å². The Morgan fingerprint density at radius 2 is 1.75 bits per heavy atom. The van der Waals surface area contributed by atoms with Gasteiger partial charge in [0, 0.05) is 5.56 Å². The second-order valence-electron chi connectivity index (χ2n) is 4.10. The number of nitrogens with zero attached hydrogens (tertiary/aromatic N) is 1. The van der Waals surface area contributed by atoms with Crippen LogP contribution in [0.4, 0.5) is 4.39 Å². The summed E-state index contributed by atoms with van der Waals surface area (Å²) in [6.45, 7) is 0.373. The minimum atomic E-state index is -0.240. The van der Waals surface area contributed by atoms with Crippen molar-refractivity contribution < 1.29 is 4.39 Å². The highest BCUT2D eigenvalue weighted by molar-refractivity contribution is 5.91. The van der Waals surface area contributed by atoms with E-state index in [0.717, 1.165) is 28.0 Å². The number of halogens is 3. The van der Waals surface area contributed by atoms with E-state index in [1.54, 1.807) is 12.1 Å². The van der Waals surface area contributed by atoms with Gasteiger partial charge in [-0.2, -0.15) is 0 Å². The van der Waals surface area contributed by atoms with Gasteiger partial charge in [-0.25, -0.2) is 9.37 Å². The van der Waals surface area contributed by atoms with Gasteiger partial charge in [0.05, 0.1) is 17.6 Å². The maximum atomic E-state index is 12.9. The average Bonchev–Trinajstić information content (AvgIpc) is 2.82. The molecule has 0 spiro atoms. The summed E-state index contributed by atoms with van der Waals surface area (Å²) in [4.78, 5) is 7.61. The number of nitrogens with one attached hydrogen (secondary N) is 1. The third-order valence-corrected chi connectivity index (χ3v) is 2.91. The van der Waals surface area contributed by atoms with Gasteiger partial charge in [0.15, 0.2) is 0 Å². The standard InChI is InChI=1S/C14H12FN3.2ClH/c15-10-6-4-9(5-7-10)11-2-1-3-12-14(11)18-13(8-16)17-12;;/h1-7H,8,16H2,(H,17,18);2*1H. The first-order valence-corrected chi connectivity index (χ1v) is 5.71. The lowest BCUT2D eigenvalue weighted by Crippen LogP contribution is -1.97. The van der Waals surface area contributed by atoms with Crippen molar-refractivity contribution in [3.8, 4) is 11.1 Å². The maximum Gasteiger partial charge on any atom is 0.123 e. The Kier molecular flexibility index (Phi) is 5.51. The van der Waals surface area contributed by atoms with Gasteiger partial charge in [0.1, 0.15) is 11.6 Å². The molecule has 0 aliphatic carbocycles. The van der Waals surface area contributed by atoms with Gasteiger partial charge in [-0.05, 0) is 23.8 Å². The third kappa shape index (κ3) is 2.93. The zero-order chi connectivity index (χ0) is 12.5. The lowest BCUT2D eigenvalue weighted by molar-refractivity contribution is 0.628. The number of nitrogens with two attached hydrogens (primary N) is 1. The van der Waals surface area contributed by atoms with Crippen LogP contribution in [0.1, 0.15) is 5.82 Å². The molecule has 0 aliphatic heterocycles. The van der Waals surface area contributed by atoms with Crippen molar-refractivity contribution in [1.82, 2.24) is 9.97 Å². The van der Waals surface area contributed by atoms with Gasteiger partial charge >= 0.3 is 0 Å². The van der Waals surface area contributed by atoms with Crippen molar-refractivity contribution in [2.75, 3.05) is 0 Å². The Balaban J connectivity index is 0.000001000. The Bertz CT molecular complexity index is 695. The predicted molar refractivity (Wildman–Crippen MR) is 83.9 cm³/mol. The Labute approximate surface area is 128 Å². The molecule has 3 rings (SSSR count). The summed E-state index contributed by atoms with van der Waals surface area (Å²) in [6.07, 6.45) is 0. The van der Waals surface area contributed by atoms with E-state index in [2.05, 4.69) is 9.97 Å². The molecule has 106 valence electrons. The van der Waals surface area contributed by atoms with E-state index in [1.165, 1.54) is 12.1 Å². The number of H-pyrrole nitrogens is 1. The molecular weight excluding hydrogens is 300 g/mol. The molecule has 0 fully saturated rings. The summed E-state index contributed by atoms with van der Waals surface area (Å²) >= 11 is 0. The summed E-state index contributed by atoms with van der Waals surface area (Å²) in [5.41, 5.74) is 9.30. The SMILES string of the molecule is Cl.Cl.NCc1nc2c(-c3ccc(F)cc3)cccc2[nH]1. The number of hydrogen-bond donors (Lipinski definition) is 2. The van der Waals surface area contributed by atoms with E-state index >= 15 is 0 Å². The first kappa shape index (κ1) is 16.4. The van der Waals surface area contributed by atoms with Gasteiger partial charge in [0.25, 0.3) is 0 Å². The molecule has 3 aromatic rings. The fourth-order valence-corrected chi connectivity index (χ4v) is 2.04. The molecular formula is C14H14Cl2FN3. The predicted octanol–water partition coefficient (Wildman–Crippen LogP) is 3.67. The normalized spacial score (nSPS) is 9.90. The number of benzene rings is 2. The number of rotatable bonds is 2. The zero-order valence-electron chi connectivity index (χ0n) is 10.5. The van der Waals surface area contributed by atoms with Crippen LogP contribution < -0.4 is 5.73 Å². The molecule has 6 heteroatoms. The van der Waals surface area contributed by atoms with Crippen molar-refractivity contribution >= 4 is 35.8 Å². The molecule has 20 heavy (non-hydrogen) atoms. The minimum absolute atomic E-state index is 0. The number of para-hydroxylation sites is 1. The van der Waals surface area contributed by atoms with Gasteiger partial charge in [0.2, 0.25) is 0 Å². The van der Waals surface area contributed by atoms with E-state index in [-0.39, 0.29) is 30.6 Å². The molecule has 0 radical (unpaired) electrons. The molecule has 0 atom stereocenters. The van der Waals surface area contributed by atoms with Crippen LogP contribution in [0.25, 0.3) is 22.2 Å². The number of imidazole rings is 1. The van der Waals surface area contributed by atoms with Crippen molar-refractivity contribution in [1.29, 1.82) is 0 Å². The van der Waals surface area contributed by atoms with Crippen LogP contribution in [0.15, 0.2) is 42.5 Å². The lowest BCUT2D eigenvalue weighted by atomic mass is 10.0. The molecule has 0 bridgehead atoms. The smallest absolute Gasteiger partial charge is 0.123 e. The number of hydrogen-bond acceptors (Lipinski definition) is 2. The molecule has 2 aromatic carbocycles. The van der Waals surface area contributed by atoms with Crippen molar-refractivity contribution in [2.24, 2.45) is 5.73 Å². The lowest BCUT2D eigenvalue weighted by Gasteiger charge is -2.02. The minimum Gasteiger partial charge on any atom is -0.341 e. The molecule has 0 unspecified atom stereocenters. The molecule has 3 nitrogen and oxygen atoms in total. The average molecular weight is 314 g/mol. The maximum absolute atomic E-state index is 12.9. The first-order chi connectivity index (χ1) is 8.78. The number of fused-ring (bicyclic) bond motifs is 1. The topological polar surface area (TPSA) is 54.7 Å². The monoisotopic (exact) mass is 313 g/mol. The van der Waals surface area contributed by atoms with E-state index in [4.69, 9.17) is 5.73 Å². The van der Waals surface area contributed by atoms with Crippen molar-refractivity contribution in [3.63, 3.8) is 0 Å². The third-order valence-electron chi connectivity index (χ3n) is 2.91. The van der Waals surface area contributed by atoms with Crippen LogP contribution in [-0.2, 0) is 6.54 Å². The summed E-state index contributed by atoms with van der Waals surface area (Å²) in [5.74, 6) is 0.509. The summed E-state index contributed by atoms with van der Waals surface area (Å²) < 4.78 is 12.9. The number of aromatic amines is 1. The second-order valence-corrected chi connectivity index (χ2v) is 4.10. The highest BCUT2D eigenvalue weighted by Crippen LogP contribution is 2.27. The highest BCUT2D eigenvalue weighted by Gasteiger charge is 2.08. The molecule has 0 saturated heterocycles. The van der Waals surface area contributed by atoms with Gasteiger partial charge in [-0.15, -0.1) is 24.8 Å². The van der Waals surface area contributed by atoms with Crippen molar-refractivity contribution in [3.05, 3.63) is 54.1 Å². The van der Waals surface area contributed by atoms with E-state index in [1.807, 2.05) is 18.2 Å². The molecule has 0 aliphatic rings. The molecule has 0 amide bonds. The summed E-state index contributed by atoms with van der Waals surface area (Å²) in [7, 11) is 0. The molecule has 0 saturated carbocycles. The summed E-state index contributed by atoms with van der Waals surface area (Å²) in [6, 6.07) is 12.3. The largest absolute Gasteiger partial charge is 0.341 e. The second kappa shape index (κ2) is 6.70. The Morgan fingerprint density at radius 3 is 2.40 bits per heavy atom. The first-order valence-electron chi connectivity index (χ1n) is 5.71. The van der Waals surface area contributed by atoms with Crippen LogP contribution in [0.3, 0.4) is 0 Å². The number of aromatic nitrogens is 2. The van der Waals surface area contributed by atoms with Crippen LogP contribution in [-0.4, -0.2) is 9.97 Å². The van der Waals surface area contributed by atoms with Crippen LogP contribution in [0.2, 0.25) is 0 Å². The fourth-order valence-electron chi connectivity index (χ4n) is 2.04. The van der Waals surface area contributed by atoms with Crippen LogP contribution >= 0.6 is 24.8 Å². The van der Waals surface area contributed by atoms with Crippen LogP contribution in [0, 0.1) is 5.82 Å². The molecule has 3 N–H and O–H groups in total. The van der Waals surface area contributed by atoms with Crippen LogP contribution in [0.5, 0.6) is 0 Å². The Morgan fingerprint density at radius 1 is 1.05 bits per heavy atom. The molecule has 1 heterocycles. The zero-order valence-corrected chi connectivity index (χ0v) is 12.1. The highest BCUT2D eigenvalue weighted by atomic mass is 35.5. The molecule has 1 aromatic heterocycles. The van der Waals surface area contributed by atoms with Gasteiger partial charge in [-0.1, -0.05) is 24.3 Å². The van der Waals surface area contributed by atoms with E-state index in [9.17, 15) is 4.39 Å². The fraction of sp³-hybridized carbons (Fsp3) is 0.0714. The van der Waals surface area contributed by atoms with Gasteiger partial charge in [-0.3, -0.25) is 0 Å².